The third-order valence-electron chi connectivity index (χ3n) is 1.81. The third kappa shape index (κ3) is 2.57. The molecule has 0 radical (unpaired) electrons. The molecule has 0 saturated heterocycles. The largest absolute Gasteiger partial charge is 0.612 e. The van der Waals surface area contributed by atoms with Crippen molar-refractivity contribution < 1.29 is 9.35 Å². The Kier molecular flexibility index (Phi) is 3.51. The Balaban J connectivity index is 2.98. The van der Waals surface area contributed by atoms with Crippen LogP contribution in [0.15, 0.2) is 29.2 Å². The van der Waals surface area contributed by atoms with E-state index < -0.39 is 11.2 Å². The Morgan fingerprint density at radius 2 is 2.23 bits per heavy atom. The molecular weight excluding hydrogens is 184 g/mol. The molecule has 0 fully saturated rings. The first-order chi connectivity index (χ1) is 6.15. The van der Waals surface area contributed by atoms with Crippen LogP contribution in [0.5, 0.6) is 0 Å². The highest BCUT2D eigenvalue weighted by molar-refractivity contribution is 7.90. The molecule has 13 heavy (non-hydrogen) atoms. The van der Waals surface area contributed by atoms with Gasteiger partial charge in [-0.15, -0.1) is 0 Å². The zero-order valence-electron chi connectivity index (χ0n) is 7.74. The molecule has 3 heteroatoms. The van der Waals surface area contributed by atoms with Gasteiger partial charge in [0.25, 0.3) is 0 Å². The summed E-state index contributed by atoms with van der Waals surface area (Å²) in [5, 5.41) is 0. The first-order valence-electron chi connectivity index (χ1n) is 4.12. The van der Waals surface area contributed by atoms with Gasteiger partial charge in [-0.1, -0.05) is 19.1 Å². The van der Waals surface area contributed by atoms with E-state index in [2.05, 4.69) is 0 Å². The van der Waals surface area contributed by atoms with Crippen LogP contribution in [0.25, 0.3) is 0 Å². The summed E-state index contributed by atoms with van der Waals surface area (Å²) in [7, 11) is 0. The fourth-order valence-electron chi connectivity index (χ4n) is 1.05. The van der Waals surface area contributed by atoms with E-state index in [9.17, 15) is 9.35 Å². The maximum Gasteiger partial charge on any atom is 0.162 e. The molecule has 0 N–H and O–H groups in total. The number of benzene rings is 1. The summed E-state index contributed by atoms with van der Waals surface area (Å²) in [4.78, 5) is 12.0. The zero-order valence-corrected chi connectivity index (χ0v) is 8.56. The molecule has 1 aromatic rings. The second-order valence-electron chi connectivity index (χ2n) is 2.76. The molecular formula is C10H12O2S. The number of hydrogen-bond donors (Lipinski definition) is 0. The van der Waals surface area contributed by atoms with E-state index in [1.165, 1.54) is 0 Å². The summed E-state index contributed by atoms with van der Waals surface area (Å²) in [6, 6.07) is 6.98. The highest BCUT2D eigenvalue weighted by Gasteiger charge is 2.08. The minimum absolute atomic E-state index is 0.0901. The topological polar surface area (TPSA) is 40.1 Å². The van der Waals surface area contributed by atoms with Crippen LogP contribution in [0, 0.1) is 0 Å². The van der Waals surface area contributed by atoms with Gasteiger partial charge in [-0.3, -0.25) is 4.79 Å². The summed E-state index contributed by atoms with van der Waals surface area (Å²) in [6.07, 6.45) is 2.09. The first kappa shape index (κ1) is 10.3. The van der Waals surface area contributed by atoms with Crippen LogP contribution in [-0.2, 0) is 11.2 Å². The molecule has 0 saturated carbocycles. The van der Waals surface area contributed by atoms with Gasteiger partial charge in [-0.05, 0) is 17.2 Å². The summed E-state index contributed by atoms with van der Waals surface area (Å²) < 4.78 is 11.1. The van der Waals surface area contributed by atoms with Gasteiger partial charge in [0, 0.05) is 18.1 Å². The molecule has 1 aromatic carbocycles. The Bertz CT molecular complexity index is 308. The van der Waals surface area contributed by atoms with Gasteiger partial charge in [-0.25, -0.2) is 0 Å². The molecule has 1 rings (SSSR count). The molecule has 1 unspecified atom stereocenters. The van der Waals surface area contributed by atoms with Gasteiger partial charge in [0.1, 0.15) is 6.26 Å². The van der Waals surface area contributed by atoms with Gasteiger partial charge in [0.05, 0.1) is 0 Å². The molecule has 0 bridgehead atoms. The average molecular weight is 196 g/mol. The van der Waals surface area contributed by atoms with Crippen LogP contribution in [0.4, 0.5) is 0 Å². The van der Waals surface area contributed by atoms with E-state index in [0.717, 1.165) is 0 Å². The fourth-order valence-corrected chi connectivity index (χ4v) is 1.62. The normalized spacial score (nSPS) is 12.5. The maximum atomic E-state index is 11.3. The molecule has 0 spiro atoms. The van der Waals surface area contributed by atoms with Gasteiger partial charge in [-0.2, -0.15) is 0 Å². The number of rotatable bonds is 3. The number of ketones is 1. The van der Waals surface area contributed by atoms with Crippen LogP contribution in [0.2, 0.25) is 0 Å². The summed E-state index contributed by atoms with van der Waals surface area (Å²) in [5.41, 5.74) is 0.648. The molecule has 0 heterocycles. The Morgan fingerprint density at radius 1 is 1.54 bits per heavy atom. The van der Waals surface area contributed by atoms with E-state index in [1.807, 2.05) is 6.92 Å². The van der Waals surface area contributed by atoms with E-state index >= 15 is 0 Å². The lowest BCUT2D eigenvalue weighted by molar-refractivity contribution is 0.0988. The first-order valence-corrected chi connectivity index (χ1v) is 5.67. The Hall–Kier alpha value is -0.800. The van der Waals surface area contributed by atoms with Crippen molar-refractivity contribution in [1.29, 1.82) is 0 Å². The van der Waals surface area contributed by atoms with E-state index in [0.29, 0.717) is 16.9 Å². The van der Waals surface area contributed by atoms with Crippen molar-refractivity contribution in [3.63, 3.8) is 0 Å². The summed E-state index contributed by atoms with van der Waals surface area (Å²) in [5.74, 6) is 0.0901. The lowest BCUT2D eigenvalue weighted by atomic mass is 10.1. The van der Waals surface area contributed by atoms with Crippen molar-refractivity contribution in [1.82, 2.24) is 0 Å². The maximum absolute atomic E-state index is 11.3. The molecule has 0 aromatic heterocycles. The van der Waals surface area contributed by atoms with Gasteiger partial charge >= 0.3 is 0 Å². The number of carbonyl (C=O) groups excluding carboxylic acids is 1. The number of hydrogen-bond acceptors (Lipinski definition) is 2. The lowest BCUT2D eigenvalue weighted by Gasteiger charge is -2.04. The average Bonchev–Trinajstić information content (AvgIpc) is 2.17. The minimum atomic E-state index is -1.01. The van der Waals surface area contributed by atoms with E-state index in [4.69, 9.17) is 0 Å². The second-order valence-corrected chi connectivity index (χ2v) is 4.14. The van der Waals surface area contributed by atoms with Crippen LogP contribution >= 0.6 is 0 Å². The van der Waals surface area contributed by atoms with E-state index in [1.54, 1.807) is 30.5 Å². The van der Waals surface area contributed by atoms with Crippen molar-refractivity contribution in [3.05, 3.63) is 29.8 Å². The summed E-state index contributed by atoms with van der Waals surface area (Å²) in [6.45, 7) is 1.82. The lowest BCUT2D eigenvalue weighted by Crippen LogP contribution is -2.01. The molecule has 0 aliphatic rings. The Labute approximate surface area is 81.1 Å². The molecule has 0 amide bonds. The van der Waals surface area contributed by atoms with Gasteiger partial charge in [0.15, 0.2) is 10.7 Å². The highest BCUT2D eigenvalue weighted by Crippen LogP contribution is 2.12. The molecule has 70 valence electrons. The highest BCUT2D eigenvalue weighted by atomic mass is 32.2. The number of Topliss-reactive ketones (excluding diaryl/α,β-unsaturated/α-hetero) is 1. The van der Waals surface area contributed by atoms with Crippen LogP contribution in [-0.4, -0.2) is 16.6 Å². The fraction of sp³-hybridized carbons (Fsp3) is 0.300. The van der Waals surface area contributed by atoms with Gasteiger partial charge < -0.3 is 4.55 Å². The smallest absolute Gasteiger partial charge is 0.162 e. The van der Waals surface area contributed by atoms with Crippen LogP contribution < -0.4 is 0 Å². The van der Waals surface area contributed by atoms with Crippen molar-refractivity contribution >= 4 is 17.0 Å². The van der Waals surface area contributed by atoms with Crippen LogP contribution in [0.3, 0.4) is 0 Å². The zero-order chi connectivity index (χ0) is 9.84. The molecule has 2 nitrogen and oxygen atoms in total. The van der Waals surface area contributed by atoms with Crippen molar-refractivity contribution in [3.8, 4) is 0 Å². The molecule has 1 atom stereocenters. The molecule has 0 aliphatic carbocycles. The minimum Gasteiger partial charge on any atom is -0.612 e. The summed E-state index contributed by atoms with van der Waals surface area (Å²) >= 11 is -1.01. The van der Waals surface area contributed by atoms with Crippen molar-refractivity contribution in [2.75, 3.05) is 6.26 Å². The SMILES string of the molecule is CCC(=O)c1cccc([S+](C)[O-])c1. The predicted molar refractivity (Wildman–Crippen MR) is 53.4 cm³/mol. The monoisotopic (exact) mass is 196 g/mol. The standard InChI is InChI=1S/C10H12O2S/c1-3-10(11)8-5-4-6-9(7-8)13(2)12/h4-7H,3H2,1-2H3. The third-order valence-corrected chi connectivity index (χ3v) is 2.73. The Morgan fingerprint density at radius 3 is 2.77 bits per heavy atom. The van der Waals surface area contributed by atoms with Crippen LogP contribution in [0.1, 0.15) is 23.7 Å². The second kappa shape index (κ2) is 4.44. The van der Waals surface area contributed by atoms with Crippen molar-refractivity contribution in [2.24, 2.45) is 0 Å². The number of carbonyl (C=O) groups is 1. The predicted octanol–water partition coefficient (Wildman–Crippen LogP) is 2.02. The quantitative estimate of drug-likeness (QED) is 0.548. The van der Waals surface area contributed by atoms with Gasteiger partial charge in [0.2, 0.25) is 0 Å². The molecule has 0 aliphatic heterocycles. The van der Waals surface area contributed by atoms with Crippen molar-refractivity contribution in [2.45, 2.75) is 18.2 Å². The van der Waals surface area contributed by atoms with E-state index in [-0.39, 0.29) is 5.78 Å².